The number of ether oxygens (including phenoxy) is 3. The molecule has 1 amide bonds. The maximum Gasteiger partial charge on any atom is 0.295 e. The number of benzene rings is 3. The molecule has 0 radical (unpaired) electrons. The Bertz CT molecular complexity index is 1460. The van der Waals surface area contributed by atoms with Gasteiger partial charge < -0.3 is 24.2 Å². The molecule has 2 heterocycles. The Morgan fingerprint density at radius 2 is 1.88 bits per heavy atom. The van der Waals surface area contributed by atoms with Crippen molar-refractivity contribution < 1.29 is 28.9 Å². The Balaban J connectivity index is 1.60. The van der Waals surface area contributed by atoms with Gasteiger partial charge in [0, 0.05) is 18.5 Å². The molecule has 7 heteroatoms. The van der Waals surface area contributed by atoms with Crippen molar-refractivity contribution in [1.82, 2.24) is 4.90 Å². The van der Waals surface area contributed by atoms with E-state index < -0.39 is 17.7 Å². The van der Waals surface area contributed by atoms with Gasteiger partial charge >= 0.3 is 0 Å². The second-order valence-corrected chi connectivity index (χ2v) is 9.92. The molecule has 0 bridgehead atoms. The summed E-state index contributed by atoms with van der Waals surface area (Å²) in [6.07, 6.45) is 2.94. The molecule has 0 saturated carbocycles. The fourth-order valence-corrected chi connectivity index (χ4v) is 5.31. The number of Topliss-reactive ketones (excluding diaryl/α,β-unsaturated/α-hetero) is 1. The first-order valence-electron chi connectivity index (χ1n) is 13.5. The lowest BCUT2D eigenvalue weighted by Gasteiger charge is -2.26. The first-order chi connectivity index (χ1) is 19.4. The summed E-state index contributed by atoms with van der Waals surface area (Å²) in [5.41, 5.74) is 3.15. The number of carbonyl (C=O) groups excluding carboxylic acids is 2. The Labute approximate surface area is 234 Å². The average molecular weight is 540 g/mol. The van der Waals surface area contributed by atoms with Gasteiger partial charge in [-0.3, -0.25) is 9.59 Å². The summed E-state index contributed by atoms with van der Waals surface area (Å²) in [5, 5.41) is 11.6. The second kappa shape index (κ2) is 11.7. The molecule has 2 atom stereocenters. The third-order valence-electron chi connectivity index (χ3n) is 7.13. The molecule has 3 aromatic rings. The first kappa shape index (κ1) is 27.1. The number of aliphatic hydroxyl groups excluding tert-OH is 1. The maximum absolute atomic E-state index is 13.5. The van der Waals surface area contributed by atoms with Gasteiger partial charge in [-0.25, -0.2) is 0 Å². The number of likely N-dealkylation sites (tertiary alicyclic amines) is 1. The van der Waals surface area contributed by atoms with Crippen LogP contribution in [0, 0.1) is 0 Å². The third kappa shape index (κ3) is 5.32. The van der Waals surface area contributed by atoms with E-state index in [1.54, 1.807) is 36.4 Å². The van der Waals surface area contributed by atoms with Gasteiger partial charge in [-0.05, 0) is 67.3 Å². The summed E-state index contributed by atoms with van der Waals surface area (Å²) in [6.45, 7) is 8.55. The van der Waals surface area contributed by atoms with Crippen LogP contribution in [0.3, 0.4) is 0 Å². The Hall–Kier alpha value is -4.52. The van der Waals surface area contributed by atoms with E-state index in [2.05, 4.69) is 6.58 Å². The van der Waals surface area contributed by atoms with Crippen molar-refractivity contribution >= 4 is 17.4 Å². The zero-order chi connectivity index (χ0) is 28.2. The maximum atomic E-state index is 13.5. The predicted octanol–water partition coefficient (Wildman–Crippen LogP) is 5.64. The van der Waals surface area contributed by atoms with E-state index >= 15 is 0 Å². The number of carbonyl (C=O) groups is 2. The van der Waals surface area contributed by atoms with Crippen LogP contribution in [0.4, 0.5) is 0 Å². The van der Waals surface area contributed by atoms with E-state index in [9.17, 15) is 14.7 Å². The highest BCUT2D eigenvalue weighted by Crippen LogP contribution is 2.43. The van der Waals surface area contributed by atoms with E-state index in [0.29, 0.717) is 55.2 Å². The number of hydrogen-bond acceptors (Lipinski definition) is 6. The van der Waals surface area contributed by atoms with Gasteiger partial charge in [-0.2, -0.15) is 0 Å². The SMILES string of the molecule is C=CCOc1ccc(C2/C(=C(\O)c3ccc4c(c3)CC(C)O4)C(=O)C(=O)N2CCc2ccccc2)cc1OCC. The molecule has 0 aromatic heterocycles. The van der Waals surface area contributed by atoms with Gasteiger partial charge in [0.15, 0.2) is 11.5 Å². The number of aliphatic hydroxyl groups is 1. The van der Waals surface area contributed by atoms with Gasteiger partial charge in [0.05, 0.1) is 18.2 Å². The summed E-state index contributed by atoms with van der Waals surface area (Å²) < 4.78 is 17.4. The highest BCUT2D eigenvalue weighted by Gasteiger charge is 2.46. The smallest absolute Gasteiger partial charge is 0.295 e. The van der Waals surface area contributed by atoms with Crippen molar-refractivity contribution in [2.75, 3.05) is 19.8 Å². The third-order valence-corrected chi connectivity index (χ3v) is 7.13. The second-order valence-electron chi connectivity index (χ2n) is 9.92. The zero-order valence-corrected chi connectivity index (χ0v) is 22.8. The molecular weight excluding hydrogens is 506 g/mol. The number of amides is 1. The quantitative estimate of drug-likeness (QED) is 0.155. The summed E-state index contributed by atoms with van der Waals surface area (Å²) in [7, 11) is 0. The first-order valence-corrected chi connectivity index (χ1v) is 13.5. The van der Waals surface area contributed by atoms with Crippen molar-refractivity contribution in [3.05, 3.63) is 107 Å². The molecule has 2 aliphatic rings. The molecule has 7 nitrogen and oxygen atoms in total. The lowest BCUT2D eigenvalue weighted by Crippen LogP contribution is -2.31. The van der Waals surface area contributed by atoms with Crippen LogP contribution < -0.4 is 14.2 Å². The van der Waals surface area contributed by atoms with Crippen molar-refractivity contribution in [3.63, 3.8) is 0 Å². The van der Waals surface area contributed by atoms with E-state index in [1.165, 1.54) is 4.90 Å². The van der Waals surface area contributed by atoms with Crippen molar-refractivity contribution in [3.8, 4) is 17.2 Å². The van der Waals surface area contributed by atoms with E-state index in [4.69, 9.17) is 14.2 Å². The Kier molecular flexibility index (Phi) is 7.91. The van der Waals surface area contributed by atoms with Crippen molar-refractivity contribution in [2.45, 2.75) is 38.8 Å². The van der Waals surface area contributed by atoms with Crippen LogP contribution in [0.1, 0.15) is 42.1 Å². The normalized spacial score (nSPS) is 19.3. The van der Waals surface area contributed by atoms with E-state index in [-0.39, 0.29) is 17.4 Å². The van der Waals surface area contributed by atoms with Gasteiger partial charge in [0.25, 0.3) is 11.7 Å². The topological polar surface area (TPSA) is 85.3 Å². The molecule has 5 rings (SSSR count). The molecule has 0 spiro atoms. The fourth-order valence-electron chi connectivity index (χ4n) is 5.31. The van der Waals surface area contributed by atoms with Crippen LogP contribution in [0.25, 0.3) is 5.76 Å². The Morgan fingerprint density at radius 3 is 2.62 bits per heavy atom. The molecule has 2 aliphatic heterocycles. The van der Waals surface area contributed by atoms with Crippen molar-refractivity contribution in [1.29, 1.82) is 0 Å². The van der Waals surface area contributed by atoms with Gasteiger partial charge in [0.2, 0.25) is 0 Å². The van der Waals surface area contributed by atoms with E-state index in [0.717, 1.165) is 16.9 Å². The molecule has 40 heavy (non-hydrogen) atoms. The largest absolute Gasteiger partial charge is 0.507 e. The zero-order valence-electron chi connectivity index (χ0n) is 22.8. The molecule has 1 saturated heterocycles. The average Bonchev–Trinajstić information content (AvgIpc) is 3.46. The van der Waals surface area contributed by atoms with Crippen molar-refractivity contribution in [2.24, 2.45) is 0 Å². The van der Waals surface area contributed by atoms with Crippen LogP contribution in [0.15, 0.2) is 85.0 Å². The summed E-state index contributed by atoms with van der Waals surface area (Å²) in [4.78, 5) is 28.5. The number of fused-ring (bicyclic) bond motifs is 1. The Morgan fingerprint density at radius 1 is 1.07 bits per heavy atom. The van der Waals surface area contributed by atoms with Gasteiger partial charge in [0.1, 0.15) is 24.2 Å². The minimum absolute atomic E-state index is 0.0368. The van der Waals surface area contributed by atoms with Crippen LogP contribution >= 0.6 is 0 Å². The van der Waals surface area contributed by atoms with Crippen LogP contribution in [-0.2, 0) is 22.4 Å². The summed E-state index contributed by atoms with van der Waals surface area (Å²) >= 11 is 0. The predicted molar refractivity (Wildman–Crippen MR) is 153 cm³/mol. The standard InChI is InChI=1S/C33H33NO6/c1-4-17-39-27-14-11-23(20-28(27)38-5-2)30-29(31(35)24-12-13-26-25(19-24)18-21(3)40-26)32(36)33(37)34(30)16-15-22-9-7-6-8-10-22/h4,6-14,19-21,30,35H,1,5,15-18H2,2-3H3/b31-29+. The van der Waals surface area contributed by atoms with Gasteiger partial charge in [-0.15, -0.1) is 0 Å². The minimum Gasteiger partial charge on any atom is -0.507 e. The van der Waals surface area contributed by atoms with E-state index in [1.807, 2.05) is 50.2 Å². The number of ketones is 1. The lowest BCUT2D eigenvalue weighted by molar-refractivity contribution is -0.139. The number of rotatable bonds is 10. The van der Waals surface area contributed by atoms with Crippen LogP contribution in [0.5, 0.6) is 17.2 Å². The van der Waals surface area contributed by atoms with Crippen LogP contribution in [0.2, 0.25) is 0 Å². The molecular formula is C33H33NO6. The van der Waals surface area contributed by atoms with Crippen LogP contribution in [-0.4, -0.2) is 47.6 Å². The minimum atomic E-state index is -0.806. The monoisotopic (exact) mass is 539 g/mol. The highest BCUT2D eigenvalue weighted by molar-refractivity contribution is 6.46. The highest BCUT2D eigenvalue weighted by atomic mass is 16.5. The molecule has 3 aromatic carbocycles. The summed E-state index contributed by atoms with van der Waals surface area (Å²) in [5.74, 6) is 0.202. The fraction of sp³-hybridized carbons (Fsp3) is 0.273. The van der Waals surface area contributed by atoms with Gasteiger partial charge in [-0.1, -0.05) is 49.1 Å². The molecule has 206 valence electrons. The lowest BCUT2D eigenvalue weighted by atomic mass is 9.94. The molecule has 0 aliphatic carbocycles. The number of nitrogens with zero attached hydrogens (tertiary/aromatic N) is 1. The number of hydrogen-bond donors (Lipinski definition) is 1. The summed E-state index contributed by atoms with van der Waals surface area (Å²) in [6, 6.07) is 19.7. The molecule has 1 N–H and O–H groups in total. The molecule has 1 fully saturated rings. The molecule has 2 unspecified atom stereocenters.